The monoisotopic (exact) mass is 280 g/mol. The number of piperidine rings is 1. The minimum absolute atomic E-state index is 0.669. The lowest BCUT2D eigenvalue weighted by molar-refractivity contribution is 0.192. The highest BCUT2D eigenvalue weighted by atomic mass is 32.1. The van der Waals surface area contributed by atoms with Crippen LogP contribution in [0.2, 0.25) is 0 Å². The number of nitrogens with zero attached hydrogens (tertiary/aromatic N) is 3. The van der Waals surface area contributed by atoms with Crippen LogP contribution in [0.5, 0.6) is 0 Å². The van der Waals surface area contributed by atoms with Gasteiger partial charge in [-0.05, 0) is 57.7 Å². The zero-order valence-electron chi connectivity index (χ0n) is 11.8. The van der Waals surface area contributed by atoms with E-state index in [1.807, 2.05) is 0 Å². The van der Waals surface area contributed by atoms with Gasteiger partial charge in [-0.25, -0.2) is 4.98 Å². The number of hydrogen-bond acceptors (Lipinski definition) is 5. The smallest absolute Gasteiger partial charge is 0.202 e. The first-order valence-electron chi connectivity index (χ1n) is 7.61. The third kappa shape index (κ3) is 3.89. The predicted octanol–water partition coefficient (Wildman–Crippen LogP) is 2.95. The van der Waals surface area contributed by atoms with E-state index in [9.17, 15) is 0 Å². The average molecular weight is 280 g/mol. The molecule has 0 spiro atoms. The summed E-state index contributed by atoms with van der Waals surface area (Å²) < 4.78 is 4.41. The van der Waals surface area contributed by atoms with Gasteiger partial charge in [-0.1, -0.05) is 6.92 Å². The molecule has 1 saturated heterocycles. The molecule has 0 unspecified atom stereocenters. The summed E-state index contributed by atoms with van der Waals surface area (Å²) in [5.74, 6) is 2.66. The summed E-state index contributed by atoms with van der Waals surface area (Å²) in [4.78, 5) is 7.14. The van der Waals surface area contributed by atoms with Crippen molar-refractivity contribution < 1.29 is 0 Å². The Hall–Kier alpha value is -0.680. The van der Waals surface area contributed by atoms with Gasteiger partial charge < -0.3 is 10.2 Å². The molecule has 0 bridgehead atoms. The van der Waals surface area contributed by atoms with Gasteiger partial charge in [0.05, 0.1) is 0 Å². The fraction of sp³-hybridized carbons (Fsp3) is 0.857. The lowest BCUT2D eigenvalue weighted by Gasteiger charge is -2.30. The lowest BCUT2D eigenvalue weighted by atomic mass is 9.99. The minimum atomic E-state index is 0.669. The Balaban J connectivity index is 1.31. The molecule has 1 N–H and O–H groups in total. The normalized spacial score (nSPS) is 21.7. The molecule has 5 heteroatoms. The Kier molecular flexibility index (Phi) is 4.33. The zero-order valence-corrected chi connectivity index (χ0v) is 12.6. The molecule has 1 aromatic heterocycles. The summed E-state index contributed by atoms with van der Waals surface area (Å²) in [7, 11) is 0. The molecule has 0 aromatic carbocycles. The zero-order chi connectivity index (χ0) is 13.1. The standard InChI is InChI=1S/C14H24N4S/c1-11-5-9-18(10-6-11)8-2-7-15-14-16-13(17-19-14)12-3-4-12/h11-12H,2-10H2,1H3,(H,15,16,17). The third-order valence-corrected chi connectivity index (χ3v) is 4.87. The minimum Gasteiger partial charge on any atom is -0.360 e. The van der Waals surface area contributed by atoms with Crippen molar-refractivity contribution >= 4 is 16.7 Å². The van der Waals surface area contributed by atoms with Crippen molar-refractivity contribution in [2.24, 2.45) is 5.92 Å². The molecule has 0 atom stereocenters. The highest BCUT2D eigenvalue weighted by Gasteiger charge is 2.27. The Morgan fingerprint density at radius 3 is 2.79 bits per heavy atom. The molecule has 2 fully saturated rings. The molecule has 2 heterocycles. The molecule has 1 aliphatic heterocycles. The average Bonchev–Trinajstić information content (AvgIpc) is 3.17. The topological polar surface area (TPSA) is 41.0 Å². The quantitative estimate of drug-likeness (QED) is 0.813. The van der Waals surface area contributed by atoms with Crippen LogP contribution in [0.15, 0.2) is 0 Å². The summed E-state index contributed by atoms with van der Waals surface area (Å²) in [6.45, 7) is 7.17. The van der Waals surface area contributed by atoms with Crippen LogP contribution in [0.4, 0.5) is 5.13 Å². The van der Waals surface area contributed by atoms with E-state index in [-0.39, 0.29) is 0 Å². The molecule has 3 rings (SSSR count). The van der Waals surface area contributed by atoms with Crippen molar-refractivity contribution in [2.45, 2.75) is 44.9 Å². The van der Waals surface area contributed by atoms with Crippen molar-refractivity contribution in [1.29, 1.82) is 0 Å². The molecule has 1 saturated carbocycles. The van der Waals surface area contributed by atoms with Gasteiger partial charge in [0.15, 0.2) is 0 Å². The fourth-order valence-corrected chi connectivity index (χ4v) is 3.27. The first-order valence-corrected chi connectivity index (χ1v) is 8.38. The summed E-state index contributed by atoms with van der Waals surface area (Å²) in [6, 6.07) is 0. The van der Waals surface area contributed by atoms with E-state index in [2.05, 4.69) is 26.5 Å². The van der Waals surface area contributed by atoms with E-state index in [1.54, 1.807) is 0 Å². The number of aromatic nitrogens is 2. The Morgan fingerprint density at radius 1 is 1.26 bits per heavy atom. The van der Waals surface area contributed by atoms with Crippen molar-refractivity contribution in [3.8, 4) is 0 Å². The molecule has 0 amide bonds. The maximum absolute atomic E-state index is 4.55. The molecule has 19 heavy (non-hydrogen) atoms. The number of rotatable bonds is 6. The van der Waals surface area contributed by atoms with Crippen molar-refractivity contribution in [1.82, 2.24) is 14.3 Å². The van der Waals surface area contributed by atoms with E-state index in [4.69, 9.17) is 0 Å². The van der Waals surface area contributed by atoms with Crippen LogP contribution in [0.3, 0.4) is 0 Å². The molecule has 2 aliphatic rings. The number of hydrogen-bond donors (Lipinski definition) is 1. The lowest BCUT2D eigenvalue weighted by Crippen LogP contribution is -2.34. The van der Waals surface area contributed by atoms with Gasteiger partial charge in [0.1, 0.15) is 5.82 Å². The highest BCUT2D eigenvalue weighted by Crippen LogP contribution is 2.39. The van der Waals surface area contributed by atoms with E-state index in [0.717, 1.165) is 23.4 Å². The van der Waals surface area contributed by atoms with Crippen LogP contribution in [0.1, 0.15) is 50.8 Å². The molecule has 4 nitrogen and oxygen atoms in total. The Bertz CT molecular complexity index is 394. The second-order valence-electron chi connectivity index (χ2n) is 6.04. The van der Waals surface area contributed by atoms with Crippen LogP contribution < -0.4 is 5.32 Å². The largest absolute Gasteiger partial charge is 0.360 e. The highest BCUT2D eigenvalue weighted by molar-refractivity contribution is 7.09. The number of likely N-dealkylation sites (tertiary alicyclic amines) is 1. The van der Waals surface area contributed by atoms with Crippen molar-refractivity contribution in [3.63, 3.8) is 0 Å². The first kappa shape index (κ1) is 13.3. The SMILES string of the molecule is CC1CCN(CCCNc2nc(C3CC3)ns2)CC1. The Morgan fingerprint density at radius 2 is 2.05 bits per heavy atom. The molecular weight excluding hydrogens is 256 g/mol. The third-order valence-electron chi connectivity index (χ3n) is 4.19. The second-order valence-corrected chi connectivity index (χ2v) is 6.79. The molecule has 0 radical (unpaired) electrons. The van der Waals surface area contributed by atoms with Crippen LogP contribution in [0.25, 0.3) is 0 Å². The van der Waals surface area contributed by atoms with Gasteiger partial charge in [0, 0.05) is 24.0 Å². The van der Waals surface area contributed by atoms with E-state index >= 15 is 0 Å². The van der Waals surface area contributed by atoms with E-state index in [1.165, 1.54) is 63.3 Å². The van der Waals surface area contributed by atoms with Gasteiger partial charge >= 0.3 is 0 Å². The summed E-state index contributed by atoms with van der Waals surface area (Å²) >= 11 is 1.52. The predicted molar refractivity (Wildman–Crippen MR) is 79.8 cm³/mol. The van der Waals surface area contributed by atoms with Gasteiger partial charge in [0.2, 0.25) is 5.13 Å². The summed E-state index contributed by atoms with van der Waals surface area (Å²) in [5, 5.41) is 4.42. The second kappa shape index (κ2) is 6.18. The summed E-state index contributed by atoms with van der Waals surface area (Å²) in [6.07, 6.45) is 6.50. The molecule has 106 valence electrons. The molecular formula is C14H24N4S. The van der Waals surface area contributed by atoms with Gasteiger partial charge in [-0.2, -0.15) is 4.37 Å². The molecule has 1 aromatic rings. The van der Waals surface area contributed by atoms with Gasteiger partial charge in [-0.15, -0.1) is 0 Å². The van der Waals surface area contributed by atoms with Crippen LogP contribution in [-0.2, 0) is 0 Å². The van der Waals surface area contributed by atoms with Crippen LogP contribution >= 0.6 is 11.5 Å². The fourth-order valence-electron chi connectivity index (χ4n) is 2.60. The number of anilines is 1. The summed E-state index contributed by atoms with van der Waals surface area (Å²) in [5.41, 5.74) is 0. The Labute approximate surface area is 119 Å². The maximum Gasteiger partial charge on any atom is 0.202 e. The number of nitrogens with one attached hydrogen (secondary N) is 1. The van der Waals surface area contributed by atoms with Crippen LogP contribution in [0, 0.1) is 5.92 Å². The van der Waals surface area contributed by atoms with E-state index in [0.29, 0.717) is 5.92 Å². The van der Waals surface area contributed by atoms with Gasteiger partial charge in [-0.3, -0.25) is 0 Å². The van der Waals surface area contributed by atoms with Crippen molar-refractivity contribution in [2.75, 3.05) is 31.5 Å². The van der Waals surface area contributed by atoms with Crippen molar-refractivity contribution in [3.05, 3.63) is 5.82 Å². The van der Waals surface area contributed by atoms with E-state index < -0.39 is 0 Å². The van der Waals surface area contributed by atoms with Gasteiger partial charge in [0.25, 0.3) is 0 Å². The molecule has 1 aliphatic carbocycles. The van der Waals surface area contributed by atoms with Crippen LogP contribution in [-0.4, -0.2) is 40.4 Å². The first-order chi connectivity index (χ1) is 9.31. The maximum atomic E-state index is 4.55.